The van der Waals surface area contributed by atoms with Gasteiger partial charge in [0, 0.05) is 35.7 Å². The molecule has 9 nitrogen and oxygen atoms in total. The molecule has 0 aliphatic carbocycles. The Morgan fingerprint density at radius 2 is 2.00 bits per heavy atom. The van der Waals surface area contributed by atoms with Gasteiger partial charge in [0.2, 0.25) is 17.6 Å². The molecule has 0 unspecified atom stereocenters. The number of aromatic nitrogens is 4. The molecular weight excluding hydrogens is 382 g/mol. The van der Waals surface area contributed by atoms with Crippen molar-refractivity contribution in [3.8, 4) is 11.4 Å². The van der Waals surface area contributed by atoms with Gasteiger partial charge in [0.15, 0.2) is 10.8 Å². The molecule has 0 bridgehead atoms. The van der Waals surface area contributed by atoms with Gasteiger partial charge in [0.05, 0.1) is 7.11 Å². The minimum atomic E-state index is -0.519. The lowest BCUT2D eigenvalue weighted by Gasteiger charge is -2.02. The van der Waals surface area contributed by atoms with Crippen molar-refractivity contribution in [2.45, 2.75) is 32.6 Å². The Hall–Kier alpha value is -3.14. The lowest BCUT2D eigenvalue weighted by Crippen LogP contribution is -2.12. The molecule has 0 radical (unpaired) electrons. The number of esters is 1. The summed E-state index contributed by atoms with van der Waals surface area (Å²) in [6.07, 6.45) is 3.71. The molecule has 0 aromatic carbocycles. The molecule has 0 spiro atoms. The van der Waals surface area contributed by atoms with Crippen LogP contribution in [0.1, 0.15) is 47.4 Å². The van der Waals surface area contributed by atoms with Gasteiger partial charge in [-0.25, -0.2) is 9.78 Å². The zero-order valence-electron chi connectivity index (χ0n) is 15.6. The molecule has 0 atom stereocenters. The number of thiazole rings is 1. The average Bonchev–Trinajstić information content (AvgIpc) is 3.34. The number of nitrogens with zero attached hydrogens (tertiary/aromatic N) is 4. The van der Waals surface area contributed by atoms with Crippen LogP contribution in [0.3, 0.4) is 0 Å². The predicted octanol–water partition coefficient (Wildman–Crippen LogP) is 3.07. The second-order valence-electron chi connectivity index (χ2n) is 6.17. The van der Waals surface area contributed by atoms with Crippen molar-refractivity contribution >= 4 is 28.3 Å². The van der Waals surface area contributed by atoms with E-state index in [9.17, 15) is 9.59 Å². The van der Waals surface area contributed by atoms with E-state index in [-0.39, 0.29) is 30.4 Å². The molecule has 1 N–H and O–H groups in total. The summed E-state index contributed by atoms with van der Waals surface area (Å²) in [6.45, 7) is 3.89. The topological polar surface area (TPSA) is 120 Å². The summed E-state index contributed by atoms with van der Waals surface area (Å²) in [5.74, 6) is 0.114. The molecule has 10 heteroatoms. The number of nitrogens with one attached hydrogen (secondary N) is 1. The SMILES string of the molecule is COC(=O)c1nc(NC(=O)CCc2nc(-c3ccncc3)no2)sc1C(C)C. The fourth-order valence-electron chi connectivity index (χ4n) is 2.40. The third kappa shape index (κ3) is 4.58. The van der Waals surface area contributed by atoms with Crippen LogP contribution in [0.5, 0.6) is 0 Å². The van der Waals surface area contributed by atoms with Crippen molar-refractivity contribution in [3.63, 3.8) is 0 Å². The number of hydrogen-bond donors (Lipinski definition) is 1. The average molecular weight is 401 g/mol. The molecule has 1 amide bonds. The van der Waals surface area contributed by atoms with Crippen molar-refractivity contribution in [2.75, 3.05) is 12.4 Å². The van der Waals surface area contributed by atoms with E-state index in [4.69, 9.17) is 9.26 Å². The van der Waals surface area contributed by atoms with E-state index in [2.05, 4.69) is 25.4 Å². The lowest BCUT2D eigenvalue weighted by molar-refractivity contribution is -0.116. The number of methoxy groups -OCH3 is 1. The first kappa shape index (κ1) is 19.6. The number of hydrogen-bond acceptors (Lipinski definition) is 9. The molecule has 0 fully saturated rings. The second kappa shape index (κ2) is 8.70. The predicted molar refractivity (Wildman–Crippen MR) is 102 cm³/mol. The Morgan fingerprint density at radius 3 is 2.68 bits per heavy atom. The zero-order chi connectivity index (χ0) is 20.1. The van der Waals surface area contributed by atoms with Crippen LogP contribution in [0.2, 0.25) is 0 Å². The van der Waals surface area contributed by atoms with E-state index < -0.39 is 5.97 Å². The van der Waals surface area contributed by atoms with E-state index in [1.54, 1.807) is 24.5 Å². The Kier molecular flexibility index (Phi) is 6.09. The number of rotatable bonds is 7. The molecule has 3 heterocycles. The summed E-state index contributed by atoms with van der Waals surface area (Å²) < 4.78 is 9.94. The summed E-state index contributed by atoms with van der Waals surface area (Å²) in [5.41, 5.74) is 1.02. The lowest BCUT2D eigenvalue weighted by atomic mass is 10.1. The Labute approximate surface area is 165 Å². The summed E-state index contributed by atoms with van der Waals surface area (Å²) in [6, 6.07) is 3.55. The summed E-state index contributed by atoms with van der Waals surface area (Å²) >= 11 is 1.26. The monoisotopic (exact) mass is 401 g/mol. The number of anilines is 1. The van der Waals surface area contributed by atoms with Gasteiger partial charge in [-0.3, -0.25) is 9.78 Å². The van der Waals surface area contributed by atoms with Crippen LogP contribution in [-0.2, 0) is 16.0 Å². The maximum absolute atomic E-state index is 12.2. The van der Waals surface area contributed by atoms with Gasteiger partial charge in [-0.2, -0.15) is 4.98 Å². The van der Waals surface area contributed by atoms with Crippen LogP contribution in [0, 0.1) is 0 Å². The highest BCUT2D eigenvalue weighted by Gasteiger charge is 2.22. The van der Waals surface area contributed by atoms with Gasteiger partial charge in [0.1, 0.15) is 0 Å². The van der Waals surface area contributed by atoms with Crippen molar-refractivity contribution in [1.29, 1.82) is 0 Å². The smallest absolute Gasteiger partial charge is 0.357 e. The van der Waals surface area contributed by atoms with E-state index >= 15 is 0 Å². The van der Waals surface area contributed by atoms with Crippen molar-refractivity contribution in [1.82, 2.24) is 20.1 Å². The molecule has 146 valence electrons. The first-order valence-electron chi connectivity index (χ1n) is 8.59. The quantitative estimate of drug-likeness (QED) is 0.600. The molecule has 3 rings (SSSR count). The van der Waals surface area contributed by atoms with Gasteiger partial charge < -0.3 is 14.6 Å². The van der Waals surface area contributed by atoms with Crippen LogP contribution in [-0.4, -0.2) is 39.1 Å². The number of carbonyl (C=O) groups is 2. The Morgan fingerprint density at radius 1 is 1.25 bits per heavy atom. The molecule has 3 aromatic rings. The molecule has 0 saturated heterocycles. The van der Waals surface area contributed by atoms with E-state index in [1.807, 2.05) is 13.8 Å². The molecule has 3 aromatic heterocycles. The van der Waals surface area contributed by atoms with Crippen LogP contribution in [0.25, 0.3) is 11.4 Å². The molecule has 0 aliphatic heterocycles. The maximum Gasteiger partial charge on any atom is 0.357 e. The summed E-state index contributed by atoms with van der Waals surface area (Å²) in [5, 5.41) is 6.97. The van der Waals surface area contributed by atoms with Crippen LogP contribution in [0.15, 0.2) is 29.0 Å². The normalized spacial score (nSPS) is 10.9. The van der Waals surface area contributed by atoms with Crippen molar-refractivity contribution < 1.29 is 18.8 Å². The van der Waals surface area contributed by atoms with Gasteiger partial charge in [-0.1, -0.05) is 19.0 Å². The largest absolute Gasteiger partial charge is 0.464 e. The highest BCUT2D eigenvalue weighted by Crippen LogP contribution is 2.30. The maximum atomic E-state index is 12.2. The van der Waals surface area contributed by atoms with Gasteiger partial charge in [-0.05, 0) is 18.1 Å². The van der Waals surface area contributed by atoms with Crippen LogP contribution < -0.4 is 5.32 Å². The summed E-state index contributed by atoms with van der Waals surface area (Å²) in [4.78, 5) is 37.3. The molecule has 0 saturated carbocycles. The number of ether oxygens (including phenoxy) is 1. The fraction of sp³-hybridized carbons (Fsp3) is 0.333. The zero-order valence-corrected chi connectivity index (χ0v) is 16.4. The highest BCUT2D eigenvalue weighted by atomic mass is 32.1. The first-order valence-corrected chi connectivity index (χ1v) is 9.41. The number of carbonyl (C=O) groups excluding carboxylic acids is 2. The standard InChI is InChI=1S/C18H19N5O4S/c1-10(2)15-14(17(25)26-3)22-18(28-15)20-12(24)4-5-13-21-16(23-27-13)11-6-8-19-9-7-11/h6-10H,4-5H2,1-3H3,(H,20,22,24). The molecule has 0 aliphatic rings. The minimum absolute atomic E-state index is 0.0854. The first-order chi connectivity index (χ1) is 13.5. The van der Waals surface area contributed by atoms with Crippen molar-refractivity contribution in [2.24, 2.45) is 0 Å². The van der Waals surface area contributed by atoms with Gasteiger partial charge in [0.25, 0.3) is 0 Å². The van der Waals surface area contributed by atoms with Crippen molar-refractivity contribution in [3.05, 3.63) is 41.0 Å². The van der Waals surface area contributed by atoms with Crippen LogP contribution >= 0.6 is 11.3 Å². The Bertz CT molecular complexity index is 968. The van der Waals surface area contributed by atoms with E-state index in [1.165, 1.54) is 18.4 Å². The third-order valence-corrected chi connectivity index (χ3v) is 5.05. The highest BCUT2D eigenvalue weighted by molar-refractivity contribution is 7.16. The minimum Gasteiger partial charge on any atom is -0.464 e. The summed E-state index contributed by atoms with van der Waals surface area (Å²) in [7, 11) is 1.30. The van der Waals surface area contributed by atoms with Crippen LogP contribution in [0.4, 0.5) is 5.13 Å². The Balaban J connectivity index is 1.61. The van der Waals surface area contributed by atoms with Gasteiger partial charge >= 0.3 is 5.97 Å². The number of amides is 1. The van der Waals surface area contributed by atoms with E-state index in [0.29, 0.717) is 16.8 Å². The second-order valence-corrected chi connectivity index (χ2v) is 7.20. The number of pyridine rings is 1. The fourth-order valence-corrected chi connectivity index (χ4v) is 3.37. The van der Waals surface area contributed by atoms with E-state index in [0.717, 1.165) is 10.4 Å². The molecule has 28 heavy (non-hydrogen) atoms. The van der Waals surface area contributed by atoms with Gasteiger partial charge in [-0.15, -0.1) is 11.3 Å². The third-order valence-electron chi connectivity index (χ3n) is 3.78. The number of aryl methyl sites for hydroxylation is 1. The molecular formula is C18H19N5O4S.